The normalized spacial score (nSPS) is 23.9. The minimum Gasteiger partial charge on any atom is -0.336 e. The summed E-state index contributed by atoms with van der Waals surface area (Å²) in [6.45, 7) is 1.97. The van der Waals surface area contributed by atoms with Gasteiger partial charge in [-0.3, -0.25) is 4.79 Å². The van der Waals surface area contributed by atoms with Crippen molar-refractivity contribution in [3.63, 3.8) is 0 Å². The number of nitrogens with zero attached hydrogens (tertiary/aromatic N) is 1. The van der Waals surface area contributed by atoms with Gasteiger partial charge in [0.1, 0.15) is 6.04 Å². The molecule has 0 bridgehead atoms. The summed E-state index contributed by atoms with van der Waals surface area (Å²) >= 11 is 0. The molecule has 5 nitrogen and oxygen atoms in total. The Morgan fingerprint density at radius 3 is 2.58 bits per heavy atom. The molecule has 1 saturated heterocycles. The molecule has 2 atom stereocenters. The van der Waals surface area contributed by atoms with Gasteiger partial charge >= 0.3 is 0 Å². The van der Waals surface area contributed by atoms with Crippen LogP contribution in [0, 0.1) is 0 Å². The number of nitrogens with two attached hydrogens (primary N) is 1. The van der Waals surface area contributed by atoms with Crippen LogP contribution in [0.15, 0.2) is 30.3 Å². The van der Waals surface area contributed by atoms with E-state index in [1.807, 2.05) is 18.2 Å². The van der Waals surface area contributed by atoms with E-state index in [1.165, 1.54) is 0 Å². The third kappa shape index (κ3) is 3.13. The summed E-state index contributed by atoms with van der Waals surface area (Å²) in [7, 11) is -3.02. The molecule has 1 aliphatic rings. The van der Waals surface area contributed by atoms with Gasteiger partial charge in [-0.25, -0.2) is 8.42 Å². The molecule has 1 aromatic rings. The second-order valence-electron chi connectivity index (χ2n) is 4.88. The molecular weight excluding hydrogens is 264 g/mol. The Morgan fingerprint density at radius 1 is 1.37 bits per heavy atom. The van der Waals surface area contributed by atoms with Crippen molar-refractivity contribution in [3.05, 3.63) is 35.9 Å². The van der Waals surface area contributed by atoms with E-state index in [-0.39, 0.29) is 30.0 Å². The first-order valence-electron chi connectivity index (χ1n) is 6.22. The monoisotopic (exact) mass is 282 g/mol. The van der Waals surface area contributed by atoms with Crippen LogP contribution in [0.25, 0.3) is 0 Å². The van der Waals surface area contributed by atoms with E-state index in [9.17, 15) is 13.2 Å². The number of carbonyl (C=O) groups excluding carboxylic acids is 1. The molecule has 2 rings (SSSR count). The van der Waals surface area contributed by atoms with E-state index in [0.717, 1.165) is 5.56 Å². The quantitative estimate of drug-likeness (QED) is 0.847. The van der Waals surface area contributed by atoms with Gasteiger partial charge in [0.05, 0.1) is 11.5 Å². The molecule has 6 heteroatoms. The molecule has 1 amide bonds. The molecule has 1 aliphatic heterocycles. The van der Waals surface area contributed by atoms with Gasteiger partial charge in [-0.1, -0.05) is 30.3 Å². The highest BCUT2D eigenvalue weighted by molar-refractivity contribution is 7.91. The Morgan fingerprint density at radius 2 is 2.00 bits per heavy atom. The molecule has 0 radical (unpaired) electrons. The fraction of sp³-hybridized carbons (Fsp3) is 0.462. The summed E-state index contributed by atoms with van der Waals surface area (Å²) in [5.74, 6) is -0.182. The smallest absolute Gasteiger partial charge is 0.244 e. The first kappa shape index (κ1) is 14.0. The topological polar surface area (TPSA) is 80.5 Å². The minimum absolute atomic E-state index is 0.0141. The lowest BCUT2D eigenvalue weighted by atomic mass is 10.1. The van der Waals surface area contributed by atoms with Crippen LogP contribution in [0.2, 0.25) is 0 Å². The molecule has 0 unspecified atom stereocenters. The van der Waals surface area contributed by atoms with Crippen LogP contribution in [0.3, 0.4) is 0 Å². The average Bonchev–Trinajstić information content (AvgIpc) is 2.37. The summed E-state index contributed by atoms with van der Waals surface area (Å²) in [6, 6.07) is 8.06. The van der Waals surface area contributed by atoms with E-state index < -0.39 is 15.9 Å². The third-order valence-electron chi connectivity index (χ3n) is 3.38. The predicted octanol–water partition coefficient (Wildman–Crippen LogP) is 0.332. The summed E-state index contributed by atoms with van der Waals surface area (Å²) in [4.78, 5) is 13.9. The maximum Gasteiger partial charge on any atom is 0.244 e. The van der Waals surface area contributed by atoms with E-state index in [0.29, 0.717) is 0 Å². The second kappa shape index (κ2) is 5.30. The largest absolute Gasteiger partial charge is 0.336 e. The molecule has 104 valence electrons. The van der Waals surface area contributed by atoms with E-state index >= 15 is 0 Å². The number of carbonyl (C=O) groups is 1. The number of sulfone groups is 1. The molecular formula is C13H18N2O3S. The zero-order chi connectivity index (χ0) is 14.0. The lowest BCUT2D eigenvalue weighted by Gasteiger charge is -2.34. The predicted molar refractivity (Wildman–Crippen MR) is 73.2 cm³/mol. The van der Waals surface area contributed by atoms with Crippen molar-refractivity contribution in [2.24, 2.45) is 5.73 Å². The van der Waals surface area contributed by atoms with Crippen LogP contribution in [-0.2, 0) is 14.6 Å². The number of rotatable bonds is 2. The molecule has 1 aromatic carbocycles. The van der Waals surface area contributed by atoms with Crippen molar-refractivity contribution in [2.75, 3.05) is 18.1 Å². The van der Waals surface area contributed by atoms with Crippen LogP contribution >= 0.6 is 0 Å². The van der Waals surface area contributed by atoms with Crippen molar-refractivity contribution in [3.8, 4) is 0 Å². The molecule has 0 aliphatic carbocycles. The van der Waals surface area contributed by atoms with Crippen LogP contribution in [0.5, 0.6) is 0 Å². The SMILES string of the molecule is C[C@@H]1CS(=O)(=O)CCN1C(=O)[C@H](N)c1ccccc1. The number of amides is 1. The molecule has 19 heavy (non-hydrogen) atoms. The van der Waals surface area contributed by atoms with Gasteiger partial charge in [-0.05, 0) is 12.5 Å². The second-order valence-corrected chi connectivity index (χ2v) is 7.11. The fourth-order valence-corrected chi connectivity index (χ4v) is 3.86. The summed E-state index contributed by atoms with van der Waals surface area (Å²) in [5.41, 5.74) is 6.70. The zero-order valence-corrected chi connectivity index (χ0v) is 11.6. The summed E-state index contributed by atoms with van der Waals surface area (Å²) in [5, 5.41) is 0. The van der Waals surface area contributed by atoms with Crippen molar-refractivity contribution in [1.29, 1.82) is 0 Å². The Hall–Kier alpha value is -1.40. The first-order valence-corrected chi connectivity index (χ1v) is 8.04. The summed E-state index contributed by atoms with van der Waals surface area (Å²) < 4.78 is 23.0. The maximum absolute atomic E-state index is 12.3. The highest BCUT2D eigenvalue weighted by Crippen LogP contribution is 2.18. The third-order valence-corrected chi connectivity index (χ3v) is 5.17. The lowest BCUT2D eigenvalue weighted by molar-refractivity contribution is -0.134. The standard InChI is InChI=1S/C13H18N2O3S/c1-10-9-19(17,18)8-7-15(10)13(16)12(14)11-5-3-2-4-6-11/h2-6,10,12H,7-9,14H2,1H3/t10-,12-/m1/s1. The zero-order valence-electron chi connectivity index (χ0n) is 10.8. The van der Waals surface area contributed by atoms with Gasteiger partial charge in [-0.15, -0.1) is 0 Å². The number of benzene rings is 1. The molecule has 1 heterocycles. The maximum atomic E-state index is 12.3. The average molecular weight is 282 g/mol. The molecule has 0 spiro atoms. The molecule has 0 aromatic heterocycles. The number of hydrogen-bond acceptors (Lipinski definition) is 4. The molecule has 0 saturated carbocycles. The van der Waals surface area contributed by atoms with Gasteiger partial charge in [0.2, 0.25) is 5.91 Å². The Bertz CT molecular complexity index is 557. The van der Waals surface area contributed by atoms with Gasteiger partial charge < -0.3 is 10.6 Å². The highest BCUT2D eigenvalue weighted by Gasteiger charge is 2.33. The van der Waals surface area contributed by atoms with Gasteiger partial charge in [-0.2, -0.15) is 0 Å². The Kier molecular flexibility index (Phi) is 3.91. The molecule has 2 N–H and O–H groups in total. The van der Waals surface area contributed by atoms with Crippen LogP contribution in [0.1, 0.15) is 18.5 Å². The lowest BCUT2D eigenvalue weighted by Crippen LogP contribution is -2.52. The van der Waals surface area contributed by atoms with Crippen molar-refractivity contribution < 1.29 is 13.2 Å². The Labute approximate surface area is 113 Å². The van der Waals surface area contributed by atoms with E-state index in [2.05, 4.69) is 0 Å². The van der Waals surface area contributed by atoms with Crippen molar-refractivity contribution >= 4 is 15.7 Å². The molecule has 1 fully saturated rings. The van der Waals surface area contributed by atoms with E-state index in [4.69, 9.17) is 5.73 Å². The Balaban J connectivity index is 2.12. The van der Waals surface area contributed by atoms with Crippen molar-refractivity contribution in [2.45, 2.75) is 19.0 Å². The van der Waals surface area contributed by atoms with Crippen LogP contribution in [-0.4, -0.2) is 43.3 Å². The van der Waals surface area contributed by atoms with Gasteiger partial charge in [0.25, 0.3) is 0 Å². The highest BCUT2D eigenvalue weighted by atomic mass is 32.2. The number of hydrogen-bond donors (Lipinski definition) is 1. The van der Waals surface area contributed by atoms with Gasteiger partial charge in [0.15, 0.2) is 9.84 Å². The first-order chi connectivity index (χ1) is 8.91. The summed E-state index contributed by atoms with van der Waals surface area (Å²) in [6.07, 6.45) is 0. The fourth-order valence-electron chi connectivity index (χ4n) is 2.31. The minimum atomic E-state index is -3.02. The van der Waals surface area contributed by atoms with Crippen molar-refractivity contribution in [1.82, 2.24) is 4.90 Å². The van der Waals surface area contributed by atoms with E-state index in [1.54, 1.807) is 24.0 Å². The van der Waals surface area contributed by atoms with Crippen LogP contribution in [0.4, 0.5) is 0 Å². The van der Waals surface area contributed by atoms with Gasteiger partial charge in [0, 0.05) is 12.6 Å². The van der Waals surface area contributed by atoms with Crippen LogP contribution < -0.4 is 5.73 Å².